The molecule has 1 amide bonds. The third-order valence-electron chi connectivity index (χ3n) is 2.22. The van der Waals surface area contributed by atoms with E-state index in [9.17, 15) is 9.59 Å². The highest BCUT2D eigenvalue weighted by Crippen LogP contribution is 2.06. The zero-order valence-corrected chi connectivity index (χ0v) is 10.2. The predicted octanol–water partition coefficient (Wildman–Crippen LogP) is 0.623. The van der Waals surface area contributed by atoms with Crippen molar-refractivity contribution in [1.82, 2.24) is 4.90 Å². The molecule has 19 heavy (non-hydrogen) atoms. The van der Waals surface area contributed by atoms with Crippen molar-refractivity contribution in [2.45, 2.75) is 13.0 Å². The first kappa shape index (κ1) is 14.7. The van der Waals surface area contributed by atoms with Crippen LogP contribution in [-0.2, 0) is 20.9 Å². The van der Waals surface area contributed by atoms with E-state index in [4.69, 9.17) is 19.5 Å². The van der Waals surface area contributed by atoms with Gasteiger partial charge in [-0.25, -0.2) is 4.79 Å². The smallest absolute Gasteiger partial charge is 0.329 e. The molecule has 0 unspecified atom stereocenters. The summed E-state index contributed by atoms with van der Waals surface area (Å²) >= 11 is 0. The van der Waals surface area contributed by atoms with Gasteiger partial charge in [0.25, 0.3) is 0 Å². The molecule has 1 rings (SSSR count). The Balaban J connectivity index is 2.50. The molecule has 0 aliphatic heterocycles. The Hall–Kier alpha value is -2.33. The molecule has 0 aliphatic rings. The maximum Gasteiger partial charge on any atom is 0.329 e. The number of ether oxygens (including phenoxy) is 1. The van der Waals surface area contributed by atoms with Crippen LogP contribution in [0.15, 0.2) is 22.8 Å². The van der Waals surface area contributed by atoms with Crippen molar-refractivity contribution >= 4 is 11.9 Å². The standard InChI is InChI=1S/C12H14N2O5/c13-4-2-5-14(7-10-3-1-6-19-10)11(15)8-18-9-12(16)17/h1,3,6H,2,5,7-9H2,(H,16,17). The van der Waals surface area contributed by atoms with Gasteiger partial charge in [0, 0.05) is 6.54 Å². The maximum absolute atomic E-state index is 11.8. The van der Waals surface area contributed by atoms with Gasteiger partial charge in [0.15, 0.2) is 0 Å². The van der Waals surface area contributed by atoms with Crippen LogP contribution in [-0.4, -0.2) is 41.6 Å². The van der Waals surface area contributed by atoms with Crippen LogP contribution in [0.5, 0.6) is 0 Å². The molecule has 0 spiro atoms. The summed E-state index contributed by atoms with van der Waals surface area (Å²) in [6, 6.07) is 5.36. The summed E-state index contributed by atoms with van der Waals surface area (Å²) in [6.07, 6.45) is 1.68. The minimum atomic E-state index is -1.14. The number of carbonyl (C=O) groups excluding carboxylic acids is 1. The number of carboxylic acids is 1. The quantitative estimate of drug-likeness (QED) is 0.739. The minimum absolute atomic E-state index is 0.186. The number of amides is 1. The Kier molecular flexibility index (Phi) is 6.12. The Morgan fingerprint density at radius 2 is 2.26 bits per heavy atom. The maximum atomic E-state index is 11.8. The molecule has 1 N–H and O–H groups in total. The van der Waals surface area contributed by atoms with E-state index in [2.05, 4.69) is 0 Å². The van der Waals surface area contributed by atoms with Crippen LogP contribution < -0.4 is 0 Å². The molecule has 1 aromatic heterocycles. The van der Waals surface area contributed by atoms with E-state index >= 15 is 0 Å². The first-order chi connectivity index (χ1) is 9.13. The van der Waals surface area contributed by atoms with Crippen LogP contribution in [0.4, 0.5) is 0 Å². The number of carbonyl (C=O) groups is 2. The molecule has 0 saturated heterocycles. The molecular weight excluding hydrogens is 252 g/mol. The van der Waals surface area contributed by atoms with Crippen LogP contribution in [0.1, 0.15) is 12.2 Å². The summed E-state index contributed by atoms with van der Waals surface area (Å²) < 4.78 is 9.86. The number of nitrogens with zero attached hydrogens (tertiary/aromatic N) is 2. The van der Waals surface area contributed by atoms with Crippen molar-refractivity contribution in [2.24, 2.45) is 0 Å². The molecule has 7 heteroatoms. The highest BCUT2D eigenvalue weighted by molar-refractivity contribution is 5.78. The Bertz CT molecular complexity index is 449. The van der Waals surface area contributed by atoms with E-state index in [0.717, 1.165) is 0 Å². The summed E-state index contributed by atoms with van der Waals surface area (Å²) in [4.78, 5) is 23.5. The Morgan fingerprint density at radius 3 is 2.84 bits per heavy atom. The zero-order chi connectivity index (χ0) is 14.1. The highest BCUT2D eigenvalue weighted by atomic mass is 16.5. The summed E-state index contributed by atoms with van der Waals surface area (Å²) in [5, 5.41) is 17.0. The predicted molar refractivity (Wildman–Crippen MR) is 62.8 cm³/mol. The fourth-order valence-corrected chi connectivity index (χ4v) is 1.38. The molecule has 1 heterocycles. The van der Waals surface area contributed by atoms with Crippen molar-refractivity contribution in [3.63, 3.8) is 0 Å². The van der Waals surface area contributed by atoms with Gasteiger partial charge in [-0.2, -0.15) is 5.26 Å². The van der Waals surface area contributed by atoms with E-state index in [-0.39, 0.29) is 32.0 Å². The van der Waals surface area contributed by atoms with Gasteiger partial charge in [-0.1, -0.05) is 0 Å². The van der Waals surface area contributed by atoms with Gasteiger partial charge in [-0.05, 0) is 12.1 Å². The number of nitriles is 1. The molecule has 0 aliphatic carbocycles. The first-order valence-corrected chi connectivity index (χ1v) is 5.60. The van der Waals surface area contributed by atoms with Crippen LogP contribution in [0.3, 0.4) is 0 Å². The van der Waals surface area contributed by atoms with E-state index in [0.29, 0.717) is 5.76 Å². The van der Waals surface area contributed by atoms with Crippen molar-refractivity contribution in [3.8, 4) is 6.07 Å². The largest absolute Gasteiger partial charge is 0.480 e. The number of hydrogen-bond donors (Lipinski definition) is 1. The first-order valence-electron chi connectivity index (χ1n) is 5.60. The Morgan fingerprint density at radius 1 is 1.47 bits per heavy atom. The number of hydrogen-bond acceptors (Lipinski definition) is 5. The lowest BCUT2D eigenvalue weighted by atomic mass is 10.3. The summed E-state index contributed by atoms with van der Waals surface area (Å²) in [5.41, 5.74) is 0. The molecule has 0 saturated carbocycles. The second kappa shape index (κ2) is 7.89. The van der Waals surface area contributed by atoms with E-state index in [1.54, 1.807) is 12.1 Å². The van der Waals surface area contributed by atoms with Gasteiger partial charge < -0.3 is 19.2 Å². The second-order valence-corrected chi connectivity index (χ2v) is 3.69. The summed E-state index contributed by atoms with van der Waals surface area (Å²) in [5.74, 6) is -0.931. The van der Waals surface area contributed by atoms with Gasteiger partial charge in [0.1, 0.15) is 19.0 Å². The lowest BCUT2D eigenvalue weighted by molar-refractivity contribution is -0.146. The topological polar surface area (TPSA) is 104 Å². The minimum Gasteiger partial charge on any atom is -0.480 e. The van der Waals surface area contributed by atoms with Crippen LogP contribution in [0.25, 0.3) is 0 Å². The molecule has 0 atom stereocenters. The summed E-state index contributed by atoms with van der Waals surface area (Å²) in [7, 11) is 0. The van der Waals surface area contributed by atoms with Gasteiger partial charge in [-0.15, -0.1) is 0 Å². The van der Waals surface area contributed by atoms with Gasteiger partial charge >= 0.3 is 5.97 Å². The van der Waals surface area contributed by atoms with Crippen molar-refractivity contribution in [1.29, 1.82) is 5.26 Å². The van der Waals surface area contributed by atoms with Gasteiger partial charge in [-0.3, -0.25) is 4.79 Å². The van der Waals surface area contributed by atoms with Gasteiger partial charge in [0.2, 0.25) is 5.91 Å². The number of rotatable bonds is 8. The van der Waals surface area contributed by atoms with Crippen LogP contribution in [0, 0.1) is 11.3 Å². The molecular formula is C12H14N2O5. The molecule has 7 nitrogen and oxygen atoms in total. The molecule has 0 aromatic carbocycles. The van der Waals surface area contributed by atoms with Crippen molar-refractivity contribution in [2.75, 3.05) is 19.8 Å². The number of furan rings is 1. The molecule has 1 aromatic rings. The lowest BCUT2D eigenvalue weighted by Crippen LogP contribution is -2.34. The SMILES string of the molecule is N#CCCN(Cc1ccco1)C(=O)COCC(=O)O. The van der Waals surface area contributed by atoms with Crippen LogP contribution >= 0.6 is 0 Å². The van der Waals surface area contributed by atoms with E-state index in [1.807, 2.05) is 6.07 Å². The summed E-state index contributed by atoms with van der Waals surface area (Å²) in [6.45, 7) is -0.395. The molecule has 0 radical (unpaired) electrons. The second-order valence-electron chi connectivity index (χ2n) is 3.69. The fraction of sp³-hybridized carbons (Fsp3) is 0.417. The highest BCUT2D eigenvalue weighted by Gasteiger charge is 2.15. The molecule has 0 bridgehead atoms. The molecule has 102 valence electrons. The van der Waals surface area contributed by atoms with Crippen molar-refractivity contribution in [3.05, 3.63) is 24.2 Å². The average molecular weight is 266 g/mol. The average Bonchev–Trinajstić information content (AvgIpc) is 2.86. The monoisotopic (exact) mass is 266 g/mol. The third kappa shape index (κ3) is 5.70. The zero-order valence-electron chi connectivity index (χ0n) is 10.2. The van der Waals surface area contributed by atoms with Crippen molar-refractivity contribution < 1.29 is 23.8 Å². The number of aliphatic carboxylic acids is 1. The lowest BCUT2D eigenvalue weighted by Gasteiger charge is -2.20. The normalized spacial score (nSPS) is 9.84. The Labute approximate surface area is 110 Å². The van der Waals surface area contributed by atoms with E-state index < -0.39 is 12.6 Å². The number of carboxylic acid groups (broad SMARTS) is 1. The molecule has 0 fully saturated rings. The van der Waals surface area contributed by atoms with Gasteiger partial charge in [0.05, 0.1) is 25.3 Å². The fourth-order valence-electron chi connectivity index (χ4n) is 1.38. The third-order valence-corrected chi connectivity index (χ3v) is 2.22. The van der Waals surface area contributed by atoms with E-state index in [1.165, 1.54) is 11.2 Å². The van der Waals surface area contributed by atoms with Crippen LogP contribution in [0.2, 0.25) is 0 Å².